The van der Waals surface area contributed by atoms with Gasteiger partial charge in [-0.25, -0.2) is 0 Å². The fraction of sp³-hybridized carbons (Fsp3) is 0.538. The van der Waals surface area contributed by atoms with Crippen molar-refractivity contribution in [1.82, 2.24) is 10.3 Å². The molecule has 1 aromatic heterocycles. The van der Waals surface area contributed by atoms with Gasteiger partial charge >= 0.3 is 0 Å². The summed E-state index contributed by atoms with van der Waals surface area (Å²) in [7, 11) is 0. The van der Waals surface area contributed by atoms with E-state index in [0.29, 0.717) is 37.1 Å². The van der Waals surface area contributed by atoms with E-state index in [4.69, 9.17) is 10.5 Å². The third-order valence-corrected chi connectivity index (χ3v) is 2.85. The fourth-order valence-electron chi connectivity index (χ4n) is 1.67. The number of rotatable bonds is 7. The number of nitrogens with zero attached hydrogens (tertiary/aromatic N) is 1. The molecule has 0 unspecified atom stereocenters. The molecule has 6 nitrogen and oxygen atoms in total. The molecule has 0 saturated heterocycles. The lowest BCUT2D eigenvalue weighted by Gasteiger charge is -2.10. The van der Waals surface area contributed by atoms with Crippen LogP contribution in [0.25, 0.3) is 0 Å². The van der Waals surface area contributed by atoms with Gasteiger partial charge in [-0.05, 0) is 31.9 Å². The molecule has 104 valence electrons. The molecule has 0 spiro atoms. The van der Waals surface area contributed by atoms with E-state index in [2.05, 4.69) is 15.6 Å². The first-order valence-corrected chi connectivity index (χ1v) is 6.61. The van der Waals surface area contributed by atoms with Crippen LogP contribution in [0.2, 0.25) is 0 Å². The van der Waals surface area contributed by atoms with Crippen molar-refractivity contribution in [3.63, 3.8) is 0 Å². The Bertz CT molecular complexity index is 446. The second-order valence-electron chi connectivity index (χ2n) is 4.52. The molecule has 1 saturated carbocycles. The van der Waals surface area contributed by atoms with Gasteiger partial charge in [0.15, 0.2) is 0 Å². The SMILES string of the molecule is CCOc1nc(NCCNC(=O)C2CC2)ccc1N. The summed E-state index contributed by atoms with van der Waals surface area (Å²) >= 11 is 0. The number of nitrogen functional groups attached to an aromatic ring is 1. The minimum atomic E-state index is 0.155. The van der Waals surface area contributed by atoms with Crippen LogP contribution in [0.5, 0.6) is 5.88 Å². The van der Waals surface area contributed by atoms with Crippen LogP contribution in [0.15, 0.2) is 12.1 Å². The summed E-state index contributed by atoms with van der Waals surface area (Å²) in [6.07, 6.45) is 2.05. The Kier molecular flexibility index (Phi) is 4.43. The highest BCUT2D eigenvalue weighted by atomic mass is 16.5. The Balaban J connectivity index is 1.75. The maximum absolute atomic E-state index is 11.4. The minimum Gasteiger partial charge on any atom is -0.476 e. The van der Waals surface area contributed by atoms with Gasteiger partial charge in [0.2, 0.25) is 11.8 Å². The lowest BCUT2D eigenvalue weighted by Crippen LogP contribution is -2.29. The van der Waals surface area contributed by atoms with Crippen molar-refractivity contribution < 1.29 is 9.53 Å². The number of nitrogens with one attached hydrogen (secondary N) is 2. The average Bonchev–Trinajstić information content (AvgIpc) is 3.22. The zero-order valence-corrected chi connectivity index (χ0v) is 11.1. The molecule has 1 aliphatic carbocycles. The van der Waals surface area contributed by atoms with Gasteiger partial charge in [-0.2, -0.15) is 4.98 Å². The molecule has 0 aromatic carbocycles. The van der Waals surface area contributed by atoms with Gasteiger partial charge in [0.25, 0.3) is 0 Å². The fourth-order valence-corrected chi connectivity index (χ4v) is 1.67. The zero-order chi connectivity index (χ0) is 13.7. The van der Waals surface area contributed by atoms with Gasteiger partial charge in [0.1, 0.15) is 5.82 Å². The second kappa shape index (κ2) is 6.26. The van der Waals surface area contributed by atoms with Crippen LogP contribution in [0.4, 0.5) is 11.5 Å². The van der Waals surface area contributed by atoms with Crippen LogP contribution < -0.4 is 21.1 Å². The van der Waals surface area contributed by atoms with Crippen LogP contribution >= 0.6 is 0 Å². The molecule has 1 aliphatic rings. The quantitative estimate of drug-likeness (QED) is 0.639. The van der Waals surface area contributed by atoms with E-state index in [0.717, 1.165) is 12.8 Å². The van der Waals surface area contributed by atoms with Gasteiger partial charge in [-0.3, -0.25) is 4.79 Å². The third-order valence-electron chi connectivity index (χ3n) is 2.85. The summed E-state index contributed by atoms with van der Waals surface area (Å²) in [5.74, 6) is 1.54. The number of ether oxygens (including phenoxy) is 1. The highest BCUT2D eigenvalue weighted by molar-refractivity contribution is 5.80. The van der Waals surface area contributed by atoms with Crippen molar-refractivity contribution >= 4 is 17.4 Å². The topological polar surface area (TPSA) is 89.3 Å². The zero-order valence-electron chi connectivity index (χ0n) is 11.1. The van der Waals surface area contributed by atoms with E-state index >= 15 is 0 Å². The highest BCUT2D eigenvalue weighted by Crippen LogP contribution is 2.28. The number of nitrogens with two attached hydrogens (primary N) is 1. The third kappa shape index (κ3) is 4.01. The Labute approximate surface area is 112 Å². The van der Waals surface area contributed by atoms with E-state index in [1.807, 2.05) is 6.92 Å². The lowest BCUT2D eigenvalue weighted by atomic mass is 10.4. The van der Waals surface area contributed by atoms with E-state index in [-0.39, 0.29) is 11.8 Å². The van der Waals surface area contributed by atoms with Gasteiger partial charge in [-0.15, -0.1) is 0 Å². The first kappa shape index (κ1) is 13.5. The van der Waals surface area contributed by atoms with Crippen LogP contribution in [-0.2, 0) is 4.79 Å². The molecule has 19 heavy (non-hydrogen) atoms. The summed E-state index contributed by atoms with van der Waals surface area (Å²) < 4.78 is 5.32. The maximum Gasteiger partial charge on any atom is 0.239 e. The molecule has 6 heteroatoms. The maximum atomic E-state index is 11.4. The van der Waals surface area contributed by atoms with Gasteiger partial charge < -0.3 is 21.1 Å². The Morgan fingerprint density at radius 1 is 1.47 bits per heavy atom. The second-order valence-corrected chi connectivity index (χ2v) is 4.52. The van der Waals surface area contributed by atoms with Crippen molar-refractivity contribution in [2.24, 2.45) is 5.92 Å². The lowest BCUT2D eigenvalue weighted by molar-refractivity contribution is -0.122. The molecule has 4 N–H and O–H groups in total. The smallest absolute Gasteiger partial charge is 0.239 e. The molecule has 2 rings (SSSR count). The monoisotopic (exact) mass is 264 g/mol. The summed E-state index contributed by atoms with van der Waals surface area (Å²) in [5.41, 5.74) is 6.26. The molecular formula is C13H20N4O2. The number of hydrogen-bond acceptors (Lipinski definition) is 5. The molecular weight excluding hydrogens is 244 g/mol. The van der Waals surface area contributed by atoms with Gasteiger partial charge in [-0.1, -0.05) is 0 Å². The summed E-state index contributed by atoms with van der Waals surface area (Å²) in [6, 6.07) is 3.55. The predicted octanol–water partition coefficient (Wildman–Crippen LogP) is 1.00. The standard InChI is InChI=1S/C13H20N4O2/c1-2-19-13-10(14)5-6-11(17-13)15-7-8-16-12(18)9-3-4-9/h5-6,9H,2-4,7-8,14H2,1H3,(H,15,17)(H,16,18). The molecule has 1 fully saturated rings. The normalized spacial score (nSPS) is 13.9. The predicted molar refractivity (Wildman–Crippen MR) is 74.0 cm³/mol. The van der Waals surface area contributed by atoms with Crippen LogP contribution in [-0.4, -0.2) is 30.6 Å². The molecule has 1 aromatic rings. The number of hydrogen-bond donors (Lipinski definition) is 3. The summed E-state index contributed by atoms with van der Waals surface area (Å²) in [5, 5.41) is 6.00. The number of anilines is 2. The van der Waals surface area contributed by atoms with Crippen molar-refractivity contribution in [2.45, 2.75) is 19.8 Å². The number of carbonyl (C=O) groups excluding carboxylic acids is 1. The van der Waals surface area contributed by atoms with E-state index in [1.54, 1.807) is 12.1 Å². The highest BCUT2D eigenvalue weighted by Gasteiger charge is 2.28. The van der Waals surface area contributed by atoms with Crippen LogP contribution in [0.1, 0.15) is 19.8 Å². The molecule has 0 radical (unpaired) electrons. The van der Waals surface area contributed by atoms with E-state index in [1.165, 1.54) is 0 Å². The molecule has 1 heterocycles. The van der Waals surface area contributed by atoms with E-state index < -0.39 is 0 Å². The average molecular weight is 264 g/mol. The Morgan fingerprint density at radius 2 is 2.26 bits per heavy atom. The summed E-state index contributed by atoms with van der Waals surface area (Å²) in [6.45, 7) is 3.62. The molecule has 1 amide bonds. The first-order chi connectivity index (χ1) is 9.20. The number of pyridine rings is 1. The van der Waals surface area contributed by atoms with Gasteiger partial charge in [0, 0.05) is 19.0 Å². The Hall–Kier alpha value is -1.98. The molecule has 0 atom stereocenters. The first-order valence-electron chi connectivity index (χ1n) is 6.61. The number of amides is 1. The van der Waals surface area contributed by atoms with Crippen molar-refractivity contribution in [2.75, 3.05) is 30.7 Å². The Morgan fingerprint density at radius 3 is 2.95 bits per heavy atom. The van der Waals surface area contributed by atoms with E-state index in [9.17, 15) is 4.79 Å². The minimum absolute atomic E-state index is 0.155. The number of carbonyl (C=O) groups is 1. The van der Waals surface area contributed by atoms with Crippen LogP contribution in [0, 0.1) is 5.92 Å². The van der Waals surface area contributed by atoms with Gasteiger partial charge in [0.05, 0.1) is 12.3 Å². The van der Waals surface area contributed by atoms with Crippen LogP contribution in [0.3, 0.4) is 0 Å². The van der Waals surface area contributed by atoms with Crippen molar-refractivity contribution in [1.29, 1.82) is 0 Å². The number of aromatic nitrogens is 1. The largest absolute Gasteiger partial charge is 0.476 e. The molecule has 0 aliphatic heterocycles. The summed E-state index contributed by atoms with van der Waals surface area (Å²) in [4.78, 5) is 15.7. The van der Waals surface area contributed by atoms with Crippen molar-refractivity contribution in [3.8, 4) is 5.88 Å². The molecule has 0 bridgehead atoms. The van der Waals surface area contributed by atoms with Crippen molar-refractivity contribution in [3.05, 3.63) is 12.1 Å².